The average molecular weight is 321 g/mol. The molecule has 1 heterocycles. The van der Waals surface area contributed by atoms with Crippen LogP contribution >= 0.6 is 0 Å². The van der Waals surface area contributed by atoms with E-state index in [0.29, 0.717) is 12.2 Å². The van der Waals surface area contributed by atoms with E-state index in [2.05, 4.69) is 0 Å². The molecule has 1 fully saturated rings. The number of epoxide rings is 1. The molecule has 2 atom stereocenters. The third-order valence-corrected chi connectivity index (χ3v) is 3.91. The summed E-state index contributed by atoms with van der Waals surface area (Å²) in [5, 5.41) is -3.04. The summed E-state index contributed by atoms with van der Waals surface area (Å²) in [7, 11) is -5.80. The van der Waals surface area contributed by atoms with Crippen molar-refractivity contribution in [1.29, 1.82) is 0 Å². The second-order valence-electron chi connectivity index (χ2n) is 4.68. The second kappa shape index (κ2) is 5.32. The Morgan fingerprint density at radius 1 is 1.43 bits per heavy atom. The highest BCUT2D eigenvalue weighted by atomic mass is 32.2. The Labute approximate surface area is 119 Å². The summed E-state index contributed by atoms with van der Waals surface area (Å²) in [4.78, 5) is 11.3. The Morgan fingerprint density at radius 2 is 1.95 bits per heavy atom. The van der Waals surface area contributed by atoms with Crippen molar-refractivity contribution in [2.75, 3.05) is 6.61 Å². The van der Waals surface area contributed by atoms with Gasteiger partial charge in [-0.2, -0.15) is 17.2 Å². The maximum Gasteiger partial charge on any atom is 0.446 e. The topological polar surface area (TPSA) is 96.0 Å². The van der Waals surface area contributed by atoms with Crippen LogP contribution in [-0.2, 0) is 19.6 Å². The van der Waals surface area contributed by atoms with Crippen molar-refractivity contribution >= 4 is 16.0 Å². The van der Waals surface area contributed by atoms with E-state index >= 15 is 0 Å². The minimum Gasteiger partial charge on any atom is -0.368 e. The summed E-state index contributed by atoms with van der Waals surface area (Å²) in [6, 6.07) is 5.85. The molecule has 9 heteroatoms. The maximum atomic E-state index is 13.1. The van der Waals surface area contributed by atoms with Gasteiger partial charge in [-0.25, -0.2) is 0 Å². The molecule has 0 aromatic heterocycles. The standard InChI is InChI=1S/C12H13F2NO5S/c1-7(15-11(16)12(13,14)21(17,18)19)8-2-4-9(5-3-8)10-6-20-10/h2-5,7,10H,6H2,1H3,(H,15,16)(H,17,18,19). The van der Waals surface area contributed by atoms with Crippen molar-refractivity contribution in [2.24, 2.45) is 0 Å². The van der Waals surface area contributed by atoms with Crippen molar-refractivity contribution in [3.8, 4) is 0 Å². The molecule has 2 unspecified atom stereocenters. The van der Waals surface area contributed by atoms with Crippen molar-refractivity contribution in [2.45, 2.75) is 24.3 Å². The van der Waals surface area contributed by atoms with Gasteiger partial charge in [0.15, 0.2) is 0 Å². The number of ether oxygens (including phenoxy) is 1. The predicted octanol–water partition coefficient (Wildman–Crippen LogP) is 1.42. The Morgan fingerprint density at radius 3 is 2.38 bits per heavy atom. The number of halogens is 2. The summed E-state index contributed by atoms with van der Waals surface area (Å²) < 4.78 is 60.6. The summed E-state index contributed by atoms with van der Waals surface area (Å²) in [5.41, 5.74) is 1.44. The zero-order chi connectivity index (χ0) is 15.8. The molecule has 1 aliphatic heterocycles. The van der Waals surface area contributed by atoms with Crippen LogP contribution in [0.3, 0.4) is 0 Å². The number of carbonyl (C=O) groups excluding carboxylic acids is 1. The summed E-state index contributed by atoms with van der Waals surface area (Å²) in [6.45, 7) is 2.05. The van der Waals surface area contributed by atoms with Crippen LogP contribution in [0.4, 0.5) is 8.78 Å². The number of alkyl halides is 2. The van der Waals surface area contributed by atoms with Crippen LogP contribution in [0.1, 0.15) is 30.2 Å². The number of benzene rings is 1. The molecule has 0 spiro atoms. The van der Waals surface area contributed by atoms with E-state index in [1.807, 2.05) is 5.32 Å². The van der Waals surface area contributed by atoms with Crippen LogP contribution < -0.4 is 5.32 Å². The molecule has 0 aliphatic carbocycles. The first-order valence-electron chi connectivity index (χ1n) is 6.00. The zero-order valence-electron chi connectivity index (χ0n) is 10.9. The predicted molar refractivity (Wildman–Crippen MR) is 68.2 cm³/mol. The molecule has 116 valence electrons. The van der Waals surface area contributed by atoms with Crippen molar-refractivity contribution in [3.05, 3.63) is 35.4 Å². The van der Waals surface area contributed by atoms with Gasteiger partial charge in [0.1, 0.15) is 6.10 Å². The summed E-state index contributed by atoms with van der Waals surface area (Å²) in [6.07, 6.45) is 0.0489. The minimum absolute atomic E-state index is 0.0489. The van der Waals surface area contributed by atoms with Crippen molar-refractivity contribution < 1.29 is 31.3 Å². The van der Waals surface area contributed by atoms with E-state index in [1.165, 1.54) is 6.92 Å². The maximum absolute atomic E-state index is 13.1. The van der Waals surface area contributed by atoms with Crippen LogP contribution in [0.2, 0.25) is 0 Å². The lowest BCUT2D eigenvalue weighted by Crippen LogP contribution is -2.46. The van der Waals surface area contributed by atoms with Crippen LogP contribution in [0.5, 0.6) is 0 Å². The minimum atomic E-state index is -5.80. The third-order valence-electron chi connectivity index (χ3n) is 3.08. The first-order chi connectivity index (χ1) is 9.63. The molecule has 1 saturated heterocycles. The molecule has 0 saturated carbocycles. The molecule has 21 heavy (non-hydrogen) atoms. The van der Waals surface area contributed by atoms with Gasteiger partial charge in [-0.1, -0.05) is 24.3 Å². The largest absolute Gasteiger partial charge is 0.446 e. The average Bonchev–Trinajstić information content (AvgIpc) is 3.21. The van der Waals surface area contributed by atoms with E-state index in [0.717, 1.165) is 5.56 Å². The molecule has 0 radical (unpaired) electrons. The molecular weight excluding hydrogens is 308 g/mol. The van der Waals surface area contributed by atoms with Gasteiger partial charge in [0.25, 0.3) is 0 Å². The van der Waals surface area contributed by atoms with E-state index in [-0.39, 0.29) is 6.10 Å². The number of hydrogen-bond donors (Lipinski definition) is 2. The van der Waals surface area contributed by atoms with Crippen LogP contribution in [0.25, 0.3) is 0 Å². The number of amides is 1. The van der Waals surface area contributed by atoms with Gasteiger partial charge < -0.3 is 10.1 Å². The first kappa shape index (κ1) is 15.8. The molecular formula is C12H13F2NO5S. The van der Waals surface area contributed by atoms with Crippen molar-refractivity contribution in [3.63, 3.8) is 0 Å². The van der Waals surface area contributed by atoms with Crippen LogP contribution in [0.15, 0.2) is 24.3 Å². The van der Waals surface area contributed by atoms with E-state index < -0.39 is 27.3 Å². The van der Waals surface area contributed by atoms with Gasteiger partial charge in [-0.15, -0.1) is 0 Å². The monoisotopic (exact) mass is 321 g/mol. The van der Waals surface area contributed by atoms with Gasteiger partial charge in [0.05, 0.1) is 12.6 Å². The number of hydrogen-bond acceptors (Lipinski definition) is 4. The van der Waals surface area contributed by atoms with Gasteiger partial charge in [0.2, 0.25) is 0 Å². The fourth-order valence-corrected chi connectivity index (χ4v) is 2.01. The lowest BCUT2D eigenvalue weighted by Gasteiger charge is -2.18. The number of rotatable bonds is 5. The molecule has 1 aromatic carbocycles. The number of carbonyl (C=O) groups is 1. The Bertz CT molecular complexity index is 640. The molecule has 2 rings (SSSR count). The number of nitrogens with one attached hydrogen (secondary N) is 1. The highest BCUT2D eigenvalue weighted by Gasteiger charge is 2.52. The highest BCUT2D eigenvalue weighted by Crippen LogP contribution is 2.30. The molecule has 0 bridgehead atoms. The lowest BCUT2D eigenvalue weighted by atomic mass is 10.0. The normalized spacial score (nSPS) is 19.9. The lowest BCUT2D eigenvalue weighted by molar-refractivity contribution is -0.136. The quantitative estimate of drug-likeness (QED) is 0.631. The highest BCUT2D eigenvalue weighted by molar-refractivity contribution is 7.87. The van der Waals surface area contributed by atoms with E-state index in [1.54, 1.807) is 24.3 Å². The zero-order valence-corrected chi connectivity index (χ0v) is 11.7. The Kier molecular flexibility index (Phi) is 4.00. The van der Waals surface area contributed by atoms with Crippen LogP contribution in [0, 0.1) is 0 Å². The third kappa shape index (κ3) is 3.36. The smallest absolute Gasteiger partial charge is 0.368 e. The fourth-order valence-electron chi connectivity index (χ4n) is 1.72. The van der Waals surface area contributed by atoms with Gasteiger partial charge in [-0.3, -0.25) is 9.35 Å². The van der Waals surface area contributed by atoms with Gasteiger partial charge >= 0.3 is 21.3 Å². The van der Waals surface area contributed by atoms with Gasteiger partial charge in [-0.05, 0) is 18.1 Å². The molecule has 1 amide bonds. The molecule has 1 aliphatic rings. The summed E-state index contributed by atoms with van der Waals surface area (Å²) >= 11 is 0. The van der Waals surface area contributed by atoms with E-state index in [9.17, 15) is 22.0 Å². The fraction of sp³-hybridized carbons (Fsp3) is 0.417. The van der Waals surface area contributed by atoms with E-state index in [4.69, 9.17) is 9.29 Å². The molecule has 2 N–H and O–H groups in total. The first-order valence-corrected chi connectivity index (χ1v) is 7.44. The summed E-state index contributed by atoms with van der Waals surface area (Å²) in [5.74, 6) is -2.08. The Balaban J connectivity index is 2.06. The molecule has 1 aromatic rings. The van der Waals surface area contributed by atoms with Crippen molar-refractivity contribution in [1.82, 2.24) is 5.32 Å². The Hall–Kier alpha value is -1.58. The second-order valence-corrected chi connectivity index (χ2v) is 6.14. The SMILES string of the molecule is CC(NC(=O)C(F)(F)S(=O)(=O)O)c1ccc(C2CO2)cc1. The van der Waals surface area contributed by atoms with Gasteiger partial charge in [0, 0.05) is 0 Å². The molecule has 6 nitrogen and oxygen atoms in total. The van der Waals surface area contributed by atoms with Crippen LogP contribution in [-0.4, -0.2) is 30.7 Å².